The Balaban J connectivity index is 0.000000637. The summed E-state index contributed by atoms with van der Waals surface area (Å²) in [7, 11) is 0. The topological polar surface area (TPSA) is 21.7 Å². The molecule has 19 heavy (non-hydrogen) atoms. The van der Waals surface area contributed by atoms with Crippen molar-refractivity contribution in [2.24, 2.45) is 0 Å². The summed E-state index contributed by atoms with van der Waals surface area (Å²) >= 11 is 12.2. The predicted molar refractivity (Wildman–Crippen MR) is 77.4 cm³/mol. The first-order valence-electron chi connectivity index (χ1n) is 6.09. The van der Waals surface area contributed by atoms with Gasteiger partial charge in [0.15, 0.2) is 0 Å². The van der Waals surface area contributed by atoms with Crippen LogP contribution in [-0.4, -0.2) is 30.7 Å². The van der Waals surface area contributed by atoms with Crippen LogP contribution in [0.2, 0.25) is 5.02 Å². The van der Waals surface area contributed by atoms with Gasteiger partial charge in [0.25, 0.3) is 0 Å². The smallest absolute Gasteiger partial charge is 0.210 e. The second-order valence-corrected chi connectivity index (χ2v) is 4.98. The third-order valence-corrected chi connectivity index (χ3v) is 3.88. The number of hydrogen-bond acceptors (Lipinski definition) is 3. The average Bonchev–Trinajstić information content (AvgIpc) is 2.89. The number of hydrogen-bond donors (Lipinski definition) is 0. The zero-order chi connectivity index (χ0) is 13.9. The van der Waals surface area contributed by atoms with Crippen molar-refractivity contribution in [2.75, 3.05) is 25.8 Å². The number of nitrogens with zero attached hydrogens (tertiary/aromatic N) is 1. The Morgan fingerprint density at radius 1 is 1.26 bits per heavy atom. The van der Waals surface area contributed by atoms with Gasteiger partial charge in [-0.15, -0.1) is 24.8 Å². The van der Waals surface area contributed by atoms with Gasteiger partial charge in [0.2, 0.25) is 5.79 Å². The van der Waals surface area contributed by atoms with Gasteiger partial charge in [-0.3, -0.25) is 4.90 Å². The van der Waals surface area contributed by atoms with Crippen molar-refractivity contribution >= 4 is 23.2 Å². The fourth-order valence-corrected chi connectivity index (χ4v) is 3.08. The van der Waals surface area contributed by atoms with Gasteiger partial charge in [0.1, 0.15) is 0 Å². The van der Waals surface area contributed by atoms with E-state index in [1.807, 2.05) is 18.2 Å². The molecule has 0 radical (unpaired) electrons. The van der Waals surface area contributed by atoms with Gasteiger partial charge in [0.05, 0.1) is 25.8 Å². The van der Waals surface area contributed by atoms with Crippen LogP contribution in [0.25, 0.3) is 0 Å². The third-order valence-electron chi connectivity index (χ3n) is 3.23. The van der Waals surface area contributed by atoms with Crippen LogP contribution in [0.15, 0.2) is 31.4 Å². The van der Waals surface area contributed by atoms with E-state index < -0.39 is 5.79 Å². The third kappa shape index (κ3) is 2.67. The highest BCUT2D eigenvalue weighted by Crippen LogP contribution is 2.42. The summed E-state index contributed by atoms with van der Waals surface area (Å²) in [5.74, 6) is -0.721. The van der Waals surface area contributed by atoms with E-state index in [1.54, 1.807) is 0 Å². The first kappa shape index (κ1) is 14.8. The molecule has 0 unspecified atom stereocenters. The van der Waals surface area contributed by atoms with Crippen LogP contribution in [0.3, 0.4) is 0 Å². The Labute approximate surface area is 123 Å². The number of benzene rings is 1. The van der Waals surface area contributed by atoms with Crippen molar-refractivity contribution in [1.29, 1.82) is 0 Å². The summed E-state index contributed by atoms with van der Waals surface area (Å²) in [6, 6.07) is 6.33. The Hall–Kier alpha value is -0.580. The highest BCUT2D eigenvalue weighted by atomic mass is 35.5. The summed E-state index contributed by atoms with van der Waals surface area (Å²) in [6.07, 6.45) is 0. The van der Waals surface area contributed by atoms with Crippen LogP contribution in [0.1, 0.15) is 11.1 Å². The first-order chi connectivity index (χ1) is 9.25. The number of halogens is 2. The van der Waals surface area contributed by atoms with E-state index in [2.05, 4.69) is 18.1 Å². The Kier molecular flexibility index (Phi) is 4.87. The lowest BCUT2D eigenvalue weighted by molar-refractivity contribution is -0.185. The molecule has 1 aromatic rings. The number of fused-ring (bicyclic) bond motifs is 2. The molecule has 0 aromatic heterocycles. The minimum absolute atomic E-state index is 0.459. The van der Waals surface area contributed by atoms with Crippen LogP contribution in [-0.2, 0) is 21.8 Å². The minimum atomic E-state index is -0.721. The van der Waals surface area contributed by atoms with Crippen LogP contribution >= 0.6 is 23.2 Å². The average molecular weight is 302 g/mol. The molecule has 1 fully saturated rings. The molecule has 0 atom stereocenters. The highest BCUT2D eigenvalue weighted by molar-refractivity contribution is 6.31. The predicted octanol–water partition coefficient (Wildman–Crippen LogP) is 3.35. The Bertz CT molecular complexity index is 447. The van der Waals surface area contributed by atoms with E-state index in [-0.39, 0.29) is 0 Å². The highest BCUT2D eigenvalue weighted by Gasteiger charge is 2.45. The molecule has 3 nitrogen and oxygen atoms in total. The van der Waals surface area contributed by atoms with Crippen LogP contribution in [0.5, 0.6) is 0 Å². The fourth-order valence-electron chi connectivity index (χ4n) is 2.57. The molecular formula is C14H17Cl2NO2. The van der Waals surface area contributed by atoms with Gasteiger partial charge in [0, 0.05) is 17.1 Å². The van der Waals surface area contributed by atoms with Gasteiger partial charge in [-0.25, -0.2) is 0 Å². The lowest BCUT2D eigenvalue weighted by Gasteiger charge is -2.39. The van der Waals surface area contributed by atoms with Gasteiger partial charge in [-0.05, 0) is 11.6 Å². The molecule has 1 saturated heterocycles. The maximum Gasteiger partial charge on any atom is 0.210 e. The van der Waals surface area contributed by atoms with Gasteiger partial charge in [-0.1, -0.05) is 23.7 Å². The molecular weight excluding hydrogens is 285 g/mol. The fraction of sp³-hybridized carbons (Fsp3) is 0.429. The molecule has 3 rings (SSSR count). The maximum atomic E-state index is 6.29. The minimum Gasteiger partial charge on any atom is -0.342 e. The molecule has 0 aliphatic carbocycles. The number of alkyl halides is 1. The molecule has 0 amide bonds. The van der Waals surface area contributed by atoms with E-state index in [0.717, 1.165) is 17.7 Å². The van der Waals surface area contributed by atoms with Crippen molar-refractivity contribution < 1.29 is 9.47 Å². The van der Waals surface area contributed by atoms with Crippen LogP contribution in [0.4, 0.5) is 0 Å². The van der Waals surface area contributed by atoms with Gasteiger partial charge < -0.3 is 9.47 Å². The second kappa shape index (κ2) is 6.25. The quantitative estimate of drug-likeness (QED) is 0.451. The molecule has 1 spiro atoms. The van der Waals surface area contributed by atoms with Gasteiger partial charge in [-0.2, -0.15) is 0 Å². The van der Waals surface area contributed by atoms with Crippen molar-refractivity contribution in [3.63, 3.8) is 0 Å². The molecule has 0 bridgehead atoms. The zero-order valence-electron chi connectivity index (χ0n) is 10.7. The zero-order valence-corrected chi connectivity index (χ0v) is 12.2. The van der Waals surface area contributed by atoms with Crippen molar-refractivity contribution in [2.45, 2.75) is 12.3 Å². The molecule has 0 saturated carbocycles. The lowest BCUT2D eigenvalue weighted by Crippen LogP contribution is -2.46. The Morgan fingerprint density at radius 3 is 2.58 bits per heavy atom. The maximum absolute atomic E-state index is 6.29. The van der Waals surface area contributed by atoms with Crippen LogP contribution < -0.4 is 0 Å². The molecule has 104 valence electrons. The normalized spacial score (nSPS) is 20.7. The first-order valence-corrected chi connectivity index (χ1v) is 7.00. The van der Waals surface area contributed by atoms with Crippen molar-refractivity contribution in [1.82, 2.24) is 4.90 Å². The standard InChI is InChI=1S/C12H13Cl2NO2.C2H4/c13-8-15-6-9-2-1-3-10(14)11(9)12(7-15)16-4-5-17-12;1-2/h1-3H,4-8H2;1-2H2. The lowest BCUT2D eigenvalue weighted by atomic mass is 9.94. The largest absolute Gasteiger partial charge is 0.342 e. The SMILES string of the molecule is C=C.ClCN1Cc2cccc(Cl)c2C2(C1)OCCO2. The van der Waals surface area contributed by atoms with Crippen LogP contribution in [0, 0.1) is 0 Å². The summed E-state index contributed by atoms with van der Waals surface area (Å²) in [4.78, 5) is 2.09. The molecule has 2 aliphatic heterocycles. The monoisotopic (exact) mass is 301 g/mol. The summed E-state index contributed by atoms with van der Waals surface area (Å²) < 4.78 is 11.6. The van der Waals surface area contributed by atoms with Crippen molar-refractivity contribution in [3.8, 4) is 0 Å². The molecule has 2 heterocycles. The second-order valence-electron chi connectivity index (χ2n) is 4.33. The number of ether oxygens (including phenoxy) is 2. The molecule has 5 heteroatoms. The van der Waals surface area contributed by atoms with Gasteiger partial charge >= 0.3 is 0 Å². The van der Waals surface area contributed by atoms with E-state index in [1.165, 1.54) is 0 Å². The molecule has 0 N–H and O–H groups in total. The van der Waals surface area contributed by atoms with E-state index in [0.29, 0.717) is 30.8 Å². The molecule has 1 aromatic carbocycles. The van der Waals surface area contributed by atoms with E-state index >= 15 is 0 Å². The summed E-state index contributed by atoms with van der Waals surface area (Å²) in [5.41, 5.74) is 2.10. The summed E-state index contributed by atoms with van der Waals surface area (Å²) in [5, 5.41) is 0.707. The number of rotatable bonds is 1. The van der Waals surface area contributed by atoms with E-state index in [9.17, 15) is 0 Å². The summed E-state index contributed by atoms with van der Waals surface area (Å²) in [6.45, 7) is 8.61. The van der Waals surface area contributed by atoms with E-state index in [4.69, 9.17) is 32.7 Å². The van der Waals surface area contributed by atoms with Crippen molar-refractivity contribution in [3.05, 3.63) is 47.5 Å². The Morgan fingerprint density at radius 2 is 1.95 bits per heavy atom. The molecule has 2 aliphatic rings.